The molecule has 1 saturated carbocycles. The molecule has 4 nitrogen and oxygen atoms in total. The molecule has 0 atom stereocenters. The predicted octanol–water partition coefficient (Wildman–Crippen LogP) is 2.21. The number of carbonyl (C=O) groups excluding carboxylic acids is 1. The first kappa shape index (κ1) is 12.9. The lowest BCUT2D eigenvalue weighted by atomic mass is 9.82. The minimum Gasteiger partial charge on any atom is -0.389 e. The van der Waals surface area contributed by atoms with Crippen molar-refractivity contribution in [3.8, 4) is 0 Å². The highest BCUT2D eigenvalue weighted by Crippen LogP contribution is 2.30. The molecule has 2 rings (SSSR count). The van der Waals surface area contributed by atoms with Gasteiger partial charge < -0.3 is 5.11 Å². The summed E-state index contributed by atoms with van der Waals surface area (Å²) >= 11 is 0. The van der Waals surface area contributed by atoms with Crippen molar-refractivity contribution >= 4 is 11.6 Å². The molecule has 0 radical (unpaired) electrons. The SMILES string of the molecule is O=C(CC1(O)CCCCC1)NNc1ccccc1. The largest absolute Gasteiger partial charge is 0.389 e. The van der Waals surface area contributed by atoms with Gasteiger partial charge in [0.1, 0.15) is 0 Å². The molecule has 4 heteroatoms. The van der Waals surface area contributed by atoms with E-state index in [0.29, 0.717) is 0 Å². The molecule has 0 aliphatic heterocycles. The number of hydrazine groups is 1. The van der Waals surface area contributed by atoms with E-state index < -0.39 is 5.60 Å². The number of hydrogen-bond acceptors (Lipinski definition) is 3. The van der Waals surface area contributed by atoms with Crippen LogP contribution in [0.15, 0.2) is 30.3 Å². The first-order chi connectivity index (χ1) is 8.68. The van der Waals surface area contributed by atoms with Crippen molar-refractivity contribution in [1.29, 1.82) is 0 Å². The van der Waals surface area contributed by atoms with E-state index in [4.69, 9.17) is 0 Å². The van der Waals surface area contributed by atoms with Gasteiger partial charge in [0, 0.05) is 0 Å². The quantitative estimate of drug-likeness (QED) is 0.716. The molecule has 1 aliphatic rings. The van der Waals surface area contributed by atoms with E-state index in [2.05, 4.69) is 10.9 Å². The van der Waals surface area contributed by atoms with Crippen LogP contribution in [0.5, 0.6) is 0 Å². The minimum absolute atomic E-state index is 0.164. The van der Waals surface area contributed by atoms with Gasteiger partial charge in [0.15, 0.2) is 0 Å². The topological polar surface area (TPSA) is 61.4 Å². The zero-order valence-electron chi connectivity index (χ0n) is 10.5. The maximum absolute atomic E-state index is 11.8. The Labute approximate surface area is 107 Å². The number of benzene rings is 1. The molecule has 1 aliphatic carbocycles. The van der Waals surface area contributed by atoms with Crippen LogP contribution in [0.3, 0.4) is 0 Å². The summed E-state index contributed by atoms with van der Waals surface area (Å²) in [4.78, 5) is 11.8. The van der Waals surface area contributed by atoms with Crippen LogP contribution in [0.4, 0.5) is 5.69 Å². The molecule has 1 aromatic carbocycles. The molecule has 18 heavy (non-hydrogen) atoms. The van der Waals surface area contributed by atoms with Crippen LogP contribution < -0.4 is 10.9 Å². The third-order valence-corrected chi connectivity index (χ3v) is 3.39. The number of rotatable bonds is 4. The summed E-state index contributed by atoms with van der Waals surface area (Å²) < 4.78 is 0. The van der Waals surface area contributed by atoms with Crippen molar-refractivity contribution in [2.24, 2.45) is 0 Å². The maximum Gasteiger partial charge on any atom is 0.241 e. The second-order valence-electron chi connectivity index (χ2n) is 5.00. The molecule has 1 aromatic rings. The van der Waals surface area contributed by atoms with Gasteiger partial charge in [0.05, 0.1) is 17.7 Å². The van der Waals surface area contributed by atoms with E-state index in [1.807, 2.05) is 30.3 Å². The van der Waals surface area contributed by atoms with Crippen molar-refractivity contribution < 1.29 is 9.90 Å². The van der Waals surface area contributed by atoms with Crippen LogP contribution in [0.2, 0.25) is 0 Å². The fourth-order valence-corrected chi connectivity index (χ4v) is 2.39. The smallest absolute Gasteiger partial charge is 0.241 e. The van der Waals surface area contributed by atoms with Crippen LogP contribution in [0.1, 0.15) is 38.5 Å². The lowest BCUT2D eigenvalue weighted by Gasteiger charge is -2.31. The molecular formula is C14H20N2O2. The summed E-state index contributed by atoms with van der Waals surface area (Å²) in [5, 5.41) is 10.3. The number of para-hydroxylation sites is 1. The normalized spacial score (nSPS) is 18.1. The summed E-state index contributed by atoms with van der Waals surface area (Å²) in [5.41, 5.74) is 5.49. The Kier molecular flexibility index (Phi) is 4.20. The van der Waals surface area contributed by atoms with Crippen LogP contribution in [0.25, 0.3) is 0 Å². The third-order valence-electron chi connectivity index (χ3n) is 3.39. The Balaban J connectivity index is 1.78. The summed E-state index contributed by atoms with van der Waals surface area (Å²) in [6.45, 7) is 0. The second-order valence-corrected chi connectivity index (χ2v) is 5.00. The molecule has 1 fully saturated rings. The van der Waals surface area contributed by atoms with Crippen molar-refractivity contribution in [2.75, 3.05) is 5.43 Å². The molecule has 3 N–H and O–H groups in total. The molecule has 0 saturated heterocycles. The lowest BCUT2D eigenvalue weighted by Crippen LogP contribution is -2.40. The lowest BCUT2D eigenvalue weighted by molar-refractivity contribution is -0.126. The van der Waals surface area contributed by atoms with E-state index in [9.17, 15) is 9.90 Å². The van der Waals surface area contributed by atoms with E-state index in [0.717, 1.165) is 37.8 Å². The number of carbonyl (C=O) groups is 1. The van der Waals surface area contributed by atoms with E-state index in [1.54, 1.807) is 0 Å². The van der Waals surface area contributed by atoms with E-state index >= 15 is 0 Å². The molecule has 1 amide bonds. The van der Waals surface area contributed by atoms with E-state index in [-0.39, 0.29) is 12.3 Å². The summed E-state index contributed by atoms with van der Waals surface area (Å²) in [6.07, 6.45) is 4.81. The minimum atomic E-state index is -0.805. The van der Waals surface area contributed by atoms with Crippen molar-refractivity contribution in [3.63, 3.8) is 0 Å². The van der Waals surface area contributed by atoms with Gasteiger partial charge >= 0.3 is 0 Å². The molecule has 0 spiro atoms. The Bertz CT molecular complexity index is 386. The van der Waals surface area contributed by atoms with Crippen molar-refractivity contribution in [1.82, 2.24) is 5.43 Å². The first-order valence-electron chi connectivity index (χ1n) is 6.50. The van der Waals surface area contributed by atoms with Gasteiger partial charge in [-0.25, -0.2) is 0 Å². The zero-order valence-corrected chi connectivity index (χ0v) is 10.5. The number of hydrogen-bond donors (Lipinski definition) is 3. The highest BCUT2D eigenvalue weighted by atomic mass is 16.3. The zero-order chi connectivity index (χ0) is 12.8. The molecular weight excluding hydrogens is 228 g/mol. The van der Waals surface area contributed by atoms with Gasteiger partial charge in [-0.2, -0.15) is 0 Å². The third kappa shape index (κ3) is 3.74. The highest BCUT2D eigenvalue weighted by molar-refractivity contribution is 5.78. The molecule has 98 valence electrons. The summed E-state index contributed by atoms with van der Waals surface area (Å²) in [7, 11) is 0. The second kappa shape index (κ2) is 5.87. The van der Waals surface area contributed by atoms with Gasteiger partial charge in [-0.05, 0) is 25.0 Å². The number of aliphatic hydroxyl groups is 1. The van der Waals surface area contributed by atoms with Gasteiger partial charge in [-0.3, -0.25) is 15.6 Å². The van der Waals surface area contributed by atoms with Crippen molar-refractivity contribution in [2.45, 2.75) is 44.1 Å². The average molecular weight is 248 g/mol. The van der Waals surface area contributed by atoms with Crippen LogP contribution in [-0.4, -0.2) is 16.6 Å². The number of anilines is 1. The Morgan fingerprint density at radius 2 is 1.83 bits per heavy atom. The van der Waals surface area contributed by atoms with Crippen LogP contribution in [0, 0.1) is 0 Å². The van der Waals surface area contributed by atoms with E-state index in [1.165, 1.54) is 0 Å². The maximum atomic E-state index is 11.8. The number of nitrogens with one attached hydrogen (secondary N) is 2. The van der Waals surface area contributed by atoms with Gasteiger partial charge in [-0.15, -0.1) is 0 Å². The monoisotopic (exact) mass is 248 g/mol. The van der Waals surface area contributed by atoms with Crippen LogP contribution in [-0.2, 0) is 4.79 Å². The standard InChI is InChI=1S/C14H20N2O2/c17-13(11-14(18)9-5-2-6-10-14)16-15-12-7-3-1-4-8-12/h1,3-4,7-8,15,18H,2,5-6,9-11H2,(H,16,17). The van der Waals surface area contributed by atoms with Crippen LogP contribution >= 0.6 is 0 Å². The molecule has 0 bridgehead atoms. The summed E-state index contributed by atoms with van der Waals surface area (Å²) in [5.74, 6) is -0.164. The number of amides is 1. The average Bonchev–Trinajstić information content (AvgIpc) is 2.38. The Hall–Kier alpha value is -1.55. The Morgan fingerprint density at radius 3 is 2.50 bits per heavy atom. The molecule has 0 heterocycles. The van der Waals surface area contributed by atoms with Gasteiger partial charge in [0.2, 0.25) is 5.91 Å². The first-order valence-corrected chi connectivity index (χ1v) is 6.50. The van der Waals surface area contributed by atoms with Gasteiger partial charge in [-0.1, -0.05) is 37.5 Å². The summed E-state index contributed by atoms with van der Waals surface area (Å²) in [6, 6.07) is 9.44. The molecule has 0 aromatic heterocycles. The van der Waals surface area contributed by atoms with Gasteiger partial charge in [0.25, 0.3) is 0 Å². The fraction of sp³-hybridized carbons (Fsp3) is 0.500. The van der Waals surface area contributed by atoms with Crippen molar-refractivity contribution in [3.05, 3.63) is 30.3 Å². The predicted molar refractivity (Wildman–Crippen MR) is 70.9 cm³/mol. The highest BCUT2D eigenvalue weighted by Gasteiger charge is 2.31. The Morgan fingerprint density at radius 1 is 1.17 bits per heavy atom. The molecule has 0 unspecified atom stereocenters. The fourth-order valence-electron chi connectivity index (χ4n) is 2.39.